The Morgan fingerprint density at radius 1 is 1.00 bits per heavy atom. The van der Waals surface area contributed by atoms with E-state index in [4.69, 9.17) is 21.6 Å². The molecule has 0 saturated heterocycles. The first-order valence-electron chi connectivity index (χ1n) is 9.16. The number of para-hydroxylation sites is 1. The Bertz CT molecular complexity index is 1040. The number of hydrogen-bond acceptors (Lipinski definition) is 6. The molecule has 0 amide bonds. The number of thioether (sulfide) groups is 1. The van der Waals surface area contributed by atoms with E-state index in [-0.39, 0.29) is 0 Å². The first-order chi connectivity index (χ1) is 13.8. The van der Waals surface area contributed by atoms with Crippen molar-refractivity contribution in [3.05, 3.63) is 76.9 Å². The molecule has 5 nitrogen and oxygen atoms in total. The Kier molecular flexibility index (Phi) is 4.66. The molecule has 2 aliphatic rings. The van der Waals surface area contributed by atoms with Gasteiger partial charge >= 0.3 is 0 Å². The highest BCUT2D eigenvalue weighted by molar-refractivity contribution is 7.98. The van der Waals surface area contributed by atoms with Crippen molar-refractivity contribution in [3.63, 3.8) is 0 Å². The molecule has 0 radical (unpaired) electrons. The summed E-state index contributed by atoms with van der Waals surface area (Å²) in [4.78, 5) is 18.5. The third kappa shape index (κ3) is 3.23. The topological polar surface area (TPSA) is 44.6 Å². The monoisotopic (exact) mass is 407 g/mol. The molecule has 0 spiro atoms. The Balaban J connectivity index is 1.44. The van der Waals surface area contributed by atoms with Crippen molar-refractivity contribution in [2.45, 2.75) is 17.5 Å². The van der Waals surface area contributed by atoms with Gasteiger partial charge in [-0.1, -0.05) is 65.8 Å². The van der Waals surface area contributed by atoms with E-state index in [9.17, 15) is 0 Å². The van der Waals surface area contributed by atoms with Crippen LogP contribution in [0.4, 0.5) is 11.5 Å². The zero-order valence-corrected chi connectivity index (χ0v) is 16.7. The van der Waals surface area contributed by atoms with Crippen molar-refractivity contribution in [1.29, 1.82) is 0 Å². The molecule has 3 heterocycles. The first kappa shape index (κ1) is 17.5. The van der Waals surface area contributed by atoms with Gasteiger partial charge in [-0.15, -0.1) is 0 Å². The van der Waals surface area contributed by atoms with Gasteiger partial charge in [-0.25, -0.2) is 9.97 Å². The fourth-order valence-corrected chi connectivity index (χ4v) is 4.49. The Morgan fingerprint density at radius 3 is 2.68 bits per heavy atom. The van der Waals surface area contributed by atoms with Gasteiger partial charge in [0.05, 0.1) is 23.8 Å². The molecular formula is C21H18ClN5S. The highest BCUT2D eigenvalue weighted by atomic mass is 35.5. The molecule has 0 aliphatic carbocycles. The Morgan fingerprint density at radius 2 is 1.82 bits per heavy atom. The minimum Gasteiger partial charge on any atom is -0.306 e. The van der Waals surface area contributed by atoms with Crippen LogP contribution in [0, 0.1) is 0 Å². The van der Waals surface area contributed by atoms with Crippen LogP contribution in [-0.2, 0) is 12.3 Å². The quantitative estimate of drug-likeness (QED) is 0.466. The van der Waals surface area contributed by atoms with E-state index in [0.29, 0.717) is 6.54 Å². The minimum atomic E-state index is 0.665. The fraction of sp³-hybridized carbons (Fsp3) is 0.190. The lowest BCUT2D eigenvalue weighted by molar-refractivity contribution is 0.841. The molecule has 0 unspecified atom stereocenters. The molecule has 7 heteroatoms. The predicted octanol–water partition coefficient (Wildman–Crippen LogP) is 4.62. The summed E-state index contributed by atoms with van der Waals surface area (Å²) in [5, 5.41) is 1.51. The lowest BCUT2D eigenvalue weighted by Gasteiger charge is -2.36. The number of aromatic nitrogens is 2. The third-order valence-electron chi connectivity index (χ3n) is 4.82. The van der Waals surface area contributed by atoms with Crippen LogP contribution in [0.2, 0.25) is 5.02 Å². The first-order valence-corrected chi connectivity index (χ1v) is 10.5. The van der Waals surface area contributed by atoms with Crippen LogP contribution in [-0.4, -0.2) is 29.0 Å². The van der Waals surface area contributed by atoms with Crippen LogP contribution >= 0.6 is 23.4 Å². The van der Waals surface area contributed by atoms with Crippen molar-refractivity contribution in [3.8, 4) is 0 Å². The smallest absolute Gasteiger partial charge is 0.207 e. The average Bonchev–Trinajstić information content (AvgIpc) is 3.23. The van der Waals surface area contributed by atoms with E-state index in [1.165, 1.54) is 5.56 Å². The van der Waals surface area contributed by atoms with Crippen LogP contribution in [0.25, 0.3) is 0 Å². The van der Waals surface area contributed by atoms with Crippen LogP contribution in [0.1, 0.15) is 11.1 Å². The number of aliphatic imine (C=N–C) groups is 1. The normalized spacial score (nSPS) is 15.2. The van der Waals surface area contributed by atoms with Gasteiger partial charge in [0.25, 0.3) is 0 Å². The van der Waals surface area contributed by atoms with Gasteiger partial charge in [-0.2, -0.15) is 0 Å². The standard InChI is InChI=1S/C21H18ClN5S/c22-17-8-4-5-9-18(17)27-13-16-12-24-20(28-14-15-6-2-1-3-7-15)25-19(16)26-11-10-23-21(26)27/h1-9,12H,10-11,13-14H2. The van der Waals surface area contributed by atoms with Gasteiger partial charge in [0.1, 0.15) is 5.82 Å². The van der Waals surface area contributed by atoms with Crippen molar-refractivity contribution >= 4 is 40.8 Å². The van der Waals surface area contributed by atoms with Crippen molar-refractivity contribution < 1.29 is 0 Å². The van der Waals surface area contributed by atoms with E-state index in [1.807, 2.05) is 36.5 Å². The maximum Gasteiger partial charge on any atom is 0.207 e. The third-order valence-corrected chi connectivity index (χ3v) is 6.07. The van der Waals surface area contributed by atoms with Gasteiger partial charge in [-0.3, -0.25) is 9.89 Å². The van der Waals surface area contributed by atoms with Crippen LogP contribution in [0.3, 0.4) is 0 Å². The predicted molar refractivity (Wildman–Crippen MR) is 115 cm³/mol. The maximum absolute atomic E-state index is 6.45. The number of anilines is 2. The number of hydrogen-bond donors (Lipinski definition) is 0. The van der Waals surface area contributed by atoms with Crippen molar-refractivity contribution in [1.82, 2.24) is 9.97 Å². The Hall–Kier alpha value is -2.57. The minimum absolute atomic E-state index is 0.665. The lowest BCUT2D eigenvalue weighted by atomic mass is 10.2. The van der Waals surface area contributed by atoms with E-state index in [2.05, 4.69) is 39.0 Å². The molecule has 1 aromatic heterocycles. The summed E-state index contributed by atoms with van der Waals surface area (Å²) in [6, 6.07) is 18.3. The van der Waals surface area contributed by atoms with Gasteiger partial charge in [0, 0.05) is 24.1 Å². The molecule has 0 saturated carbocycles. The second-order valence-corrected chi connectivity index (χ2v) is 8.00. The molecule has 3 aromatic rings. The SMILES string of the molecule is Clc1ccccc1N1Cc2cnc(SCc3ccccc3)nc2N2CCN=C12. The van der Waals surface area contributed by atoms with Crippen LogP contribution in [0.5, 0.6) is 0 Å². The van der Waals surface area contributed by atoms with Gasteiger partial charge in [-0.05, 0) is 17.7 Å². The zero-order chi connectivity index (χ0) is 18.9. The molecule has 5 rings (SSSR count). The zero-order valence-electron chi connectivity index (χ0n) is 15.1. The summed E-state index contributed by atoms with van der Waals surface area (Å²) in [6.45, 7) is 2.24. The highest BCUT2D eigenvalue weighted by Crippen LogP contribution is 2.36. The second kappa shape index (κ2) is 7.45. The number of guanidine groups is 1. The van der Waals surface area contributed by atoms with Crippen LogP contribution < -0.4 is 9.80 Å². The maximum atomic E-state index is 6.45. The van der Waals surface area contributed by atoms with E-state index < -0.39 is 0 Å². The molecule has 28 heavy (non-hydrogen) atoms. The van der Waals surface area contributed by atoms with Gasteiger partial charge < -0.3 is 4.90 Å². The summed E-state index contributed by atoms with van der Waals surface area (Å²) in [5.74, 6) is 2.73. The van der Waals surface area contributed by atoms with E-state index in [0.717, 1.165) is 52.0 Å². The molecule has 0 bridgehead atoms. The van der Waals surface area contributed by atoms with Gasteiger partial charge in [0.2, 0.25) is 5.96 Å². The molecule has 2 aliphatic heterocycles. The molecule has 2 aromatic carbocycles. The largest absolute Gasteiger partial charge is 0.306 e. The number of fused-ring (bicyclic) bond motifs is 3. The highest BCUT2D eigenvalue weighted by Gasteiger charge is 2.34. The molecule has 140 valence electrons. The van der Waals surface area contributed by atoms with Crippen LogP contribution in [0.15, 0.2) is 70.9 Å². The summed E-state index contributed by atoms with van der Waals surface area (Å²) in [6.07, 6.45) is 1.94. The average molecular weight is 408 g/mol. The number of benzene rings is 2. The summed E-state index contributed by atoms with van der Waals surface area (Å²) in [5.41, 5.74) is 3.31. The summed E-state index contributed by atoms with van der Waals surface area (Å²) < 4.78 is 0. The number of nitrogens with zero attached hydrogens (tertiary/aromatic N) is 5. The van der Waals surface area contributed by atoms with Gasteiger partial charge in [0.15, 0.2) is 5.16 Å². The molecule has 0 N–H and O–H groups in total. The fourth-order valence-electron chi connectivity index (χ4n) is 3.49. The van der Waals surface area contributed by atoms with E-state index in [1.54, 1.807) is 11.8 Å². The second-order valence-electron chi connectivity index (χ2n) is 6.65. The number of rotatable bonds is 4. The molecule has 0 atom stereocenters. The summed E-state index contributed by atoms with van der Waals surface area (Å²) >= 11 is 8.11. The number of halogens is 1. The molecule has 0 fully saturated rings. The summed E-state index contributed by atoms with van der Waals surface area (Å²) in [7, 11) is 0. The lowest BCUT2D eigenvalue weighted by Crippen LogP contribution is -2.46. The van der Waals surface area contributed by atoms with E-state index >= 15 is 0 Å². The van der Waals surface area contributed by atoms with Crippen molar-refractivity contribution in [2.75, 3.05) is 22.9 Å². The molecular weight excluding hydrogens is 390 g/mol. The Labute approximate surface area is 173 Å². The van der Waals surface area contributed by atoms with Crippen molar-refractivity contribution in [2.24, 2.45) is 4.99 Å².